The summed E-state index contributed by atoms with van der Waals surface area (Å²) in [6.07, 6.45) is 3.26. The molecule has 0 saturated heterocycles. The predicted molar refractivity (Wildman–Crippen MR) is 147 cm³/mol. The highest BCUT2D eigenvalue weighted by molar-refractivity contribution is 6.33. The third-order valence-electron chi connectivity index (χ3n) is 6.68. The molecule has 4 rings (SSSR count). The number of rotatable bonds is 9. The number of hydrogen-bond acceptors (Lipinski definition) is 5. The Morgan fingerprint density at radius 2 is 1.62 bits per heavy atom. The molecule has 1 aromatic heterocycles. The molecule has 37 heavy (non-hydrogen) atoms. The molecule has 0 aliphatic heterocycles. The molecule has 194 valence electrons. The Hall–Kier alpha value is -3.62. The molecule has 0 fully saturated rings. The van der Waals surface area contributed by atoms with Gasteiger partial charge in [-0.2, -0.15) is 0 Å². The van der Waals surface area contributed by atoms with Gasteiger partial charge in [0.2, 0.25) is 0 Å². The molecule has 0 bridgehead atoms. The minimum Gasteiger partial charge on any atom is -0.351 e. The van der Waals surface area contributed by atoms with Gasteiger partial charge in [-0.05, 0) is 54.3 Å². The van der Waals surface area contributed by atoms with Crippen LogP contribution < -0.4 is 21.5 Å². The molecular formula is C28H33ClN6O2. The first-order valence-electron chi connectivity index (χ1n) is 12.6. The standard InChI is InChI=1S/C28H33ClN6O2/c1-3-35(4-2)16-15-30-27(36)21-17-24(29)26(31-18-21)33-34-28(37)32-25-22-11-7-5-9-19(22)13-14-20-10-6-8-12-23(20)25/h5-12,17-18,25H,3-4,13-16H2,1-2H3,(H,30,36)(H,31,33)(H2,32,34,37). The minimum atomic E-state index is -0.424. The number of amides is 3. The number of carbonyl (C=O) groups is 2. The van der Waals surface area contributed by atoms with E-state index < -0.39 is 6.03 Å². The van der Waals surface area contributed by atoms with Crippen molar-refractivity contribution in [2.75, 3.05) is 31.6 Å². The SMILES string of the molecule is CCN(CC)CCNC(=O)c1cnc(NNC(=O)NC2c3ccccc3CCc3ccccc32)c(Cl)c1. The Morgan fingerprint density at radius 1 is 1.00 bits per heavy atom. The monoisotopic (exact) mass is 520 g/mol. The van der Waals surface area contributed by atoms with Crippen LogP contribution in [0.15, 0.2) is 60.8 Å². The number of anilines is 1. The fourth-order valence-electron chi connectivity index (χ4n) is 4.59. The van der Waals surface area contributed by atoms with Gasteiger partial charge >= 0.3 is 6.03 Å². The highest BCUT2D eigenvalue weighted by Gasteiger charge is 2.24. The number of aromatic nitrogens is 1. The minimum absolute atomic E-state index is 0.224. The maximum absolute atomic E-state index is 12.9. The number of fused-ring (bicyclic) bond motifs is 2. The van der Waals surface area contributed by atoms with Crippen LogP contribution in [0.2, 0.25) is 5.02 Å². The summed E-state index contributed by atoms with van der Waals surface area (Å²) in [6.45, 7) is 7.34. The molecule has 3 amide bonds. The average molecular weight is 521 g/mol. The smallest absolute Gasteiger partial charge is 0.334 e. The van der Waals surface area contributed by atoms with E-state index in [4.69, 9.17) is 11.6 Å². The molecule has 1 heterocycles. The quantitative estimate of drug-likeness (QED) is 0.315. The Labute approximate surface area is 222 Å². The molecule has 0 atom stereocenters. The molecule has 1 aliphatic rings. The van der Waals surface area contributed by atoms with Crippen LogP contribution in [0.1, 0.15) is 52.5 Å². The summed E-state index contributed by atoms with van der Waals surface area (Å²) in [5.74, 6) is 0.00248. The van der Waals surface area contributed by atoms with Crippen LogP contribution in [0.25, 0.3) is 0 Å². The number of pyridine rings is 1. The molecule has 0 saturated carbocycles. The van der Waals surface area contributed by atoms with Crippen molar-refractivity contribution >= 4 is 29.4 Å². The summed E-state index contributed by atoms with van der Waals surface area (Å²) in [6, 6.07) is 17.2. The van der Waals surface area contributed by atoms with Gasteiger partial charge in [0.15, 0.2) is 5.82 Å². The van der Waals surface area contributed by atoms with E-state index in [1.165, 1.54) is 23.4 Å². The summed E-state index contributed by atoms with van der Waals surface area (Å²) in [5.41, 5.74) is 10.3. The van der Waals surface area contributed by atoms with Gasteiger partial charge in [0.1, 0.15) is 0 Å². The molecule has 2 aromatic carbocycles. The normalized spacial score (nSPS) is 12.8. The lowest BCUT2D eigenvalue weighted by molar-refractivity contribution is 0.0948. The van der Waals surface area contributed by atoms with Crippen LogP contribution in [-0.2, 0) is 12.8 Å². The Morgan fingerprint density at radius 3 is 2.22 bits per heavy atom. The summed E-state index contributed by atoms with van der Waals surface area (Å²) in [7, 11) is 0. The lowest BCUT2D eigenvalue weighted by Gasteiger charge is -2.22. The fourth-order valence-corrected chi connectivity index (χ4v) is 4.80. The lowest BCUT2D eigenvalue weighted by atomic mass is 9.95. The van der Waals surface area contributed by atoms with E-state index in [1.807, 2.05) is 24.3 Å². The van der Waals surface area contributed by atoms with Gasteiger partial charge in [0.05, 0.1) is 16.6 Å². The van der Waals surface area contributed by atoms with Crippen molar-refractivity contribution in [3.63, 3.8) is 0 Å². The van der Waals surface area contributed by atoms with Crippen LogP contribution >= 0.6 is 11.6 Å². The first-order chi connectivity index (χ1) is 18.0. The van der Waals surface area contributed by atoms with Crippen molar-refractivity contribution in [1.29, 1.82) is 0 Å². The highest BCUT2D eigenvalue weighted by atomic mass is 35.5. The van der Waals surface area contributed by atoms with E-state index >= 15 is 0 Å². The van der Waals surface area contributed by atoms with Gasteiger partial charge in [-0.25, -0.2) is 9.78 Å². The number of nitrogens with zero attached hydrogens (tertiary/aromatic N) is 2. The molecule has 4 N–H and O–H groups in total. The van der Waals surface area contributed by atoms with Gasteiger partial charge in [-0.3, -0.25) is 15.6 Å². The van der Waals surface area contributed by atoms with Gasteiger partial charge in [-0.1, -0.05) is 74.0 Å². The van der Waals surface area contributed by atoms with E-state index in [0.717, 1.165) is 43.6 Å². The second-order valence-corrected chi connectivity index (χ2v) is 9.30. The third kappa shape index (κ3) is 6.58. The fraction of sp³-hybridized carbons (Fsp3) is 0.321. The summed E-state index contributed by atoms with van der Waals surface area (Å²) < 4.78 is 0. The zero-order valence-electron chi connectivity index (χ0n) is 21.2. The van der Waals surface area contributed by atoms with Gasteiger partial charge in [0, 0.05) is 19.3 Å². The van der Waals surface area contributed by atoms with E-state index in [0.29, 0.717) is 12.1 Å². The zero-order chi connectivity index (χ0) is 26.2. The Bertz CT molecular complexity index is 1200. The average Bonchev–Trinajstić information content (AvgIpc) is 3.07. The van der Waals surface area contributed by atoms with Crippen molar-refractivity contribution in [2.24, 2.45) is 0 Å². The van der Waals surface area contributed by atoms with Crippen LogP contribution in [-0.4, -0.2) is 48.0 Å². The molecule has 3 aromatic rings. The molecule has 8 nitrogen and oxygen atoms in total. The summed E-state index contributed by atoms with van der Waals surface area (Å²) in [5, 5.41) is 6.19. The number of hydrogen-bond donors (Lipinski definition) is 4. The van der Waals surface area contributed by atoms with Crippen molar-refractivity contribution in [3.05, 3.63) is 93.6 Å². The summed E-state index contributed by atoms with van der Waals surface area (Å²) >= 11 is 6.35. The second kappa shape index (κ2) is 12.6. The Balaban J connectivity index is 1.38. The topological polar surface area (TPSA) is 98.4 Å². The number of aryl methyl sites for hydroxylation is 2. The first kappa shape index (κ1) is 26.4. The number of halogens is 1. The van der Waals surface area contributed by atoms with Crippen LogP contribution in [0, 0.1) is 0 Å². The molecular weight excluding hydrogens is 488 g/mol. The number of benzene rings is 2. The largest absolute Gasteiger partial charge is 0.351 e. The van der Waals surface area contributed by atoms with E-state index in [2.05, 4.69) is 69.5 Å². The number of hydrazine groups is 1. The number of carbonyl (C=O) groups excluding carboxylic acids is 2. The third-order valence-corrected chi connectivity index (χ3v) is 6.97. The van der Waals surface area contributed by atoms with Crippen molar-refractivity contribution < 1.29 is 9.59 Å². The van der Waals surface area contributed by atoms with Crippen LogP contribution in [0.5, 0.6) is 0 Å². The molecule has 1 aliphatic carbocycles. The van der Waals surface area contributed by atoms with E-state index in [1.54, 1.807) is 0 Å². The van der Waals surface area contributed by atoms with Crippen molar-refractivity contribution in [1.82, 2.24) is 25.9 Å². The van der Waals surface area contributed by atoms with Crippen molar-refractivity contribution in [3.8, 4) is 0 Å². The predicted octanol–water partition coefficient (Wildman–Crippen LogP) is 4.32. The number of likely N-dealkylation sites (N-methyl/N-ethyl adjacent to an activating group) is 1. The van der Waals surface area contributed by atoms with Gasteiger partial charge in [-0.15, -0.1) is 0 Å². The Kier molecular flexibility index (Phi) is 8.98. The summed E-state index contributed by atoms with van der Waals surface area (Å²) in [4.78, 5) is 31.8. The molecule has 0 unspecified atom stereocenters. The van der Waals surface area contributed by atoms with Crippen LogP contribution in [0.4, 0.5) is 10.6 Å². The lowest BCUT2D eigenvalue weighted by Crippen LogP contribution is -2.41. The van der Waals surface area contributed by atoms with E-state index in [9.17, 15) is 9.59 Å². The van der Waals surface area contributed by atoms with Crippen molar-refractivity contribution in [2.45, 2.75) is 32.7 Å². The zero-order valence-corrected chi connectivity index (χ0v) is 21.9. The van der Waals surface area contributed by atoms with Gasteiger partial charge in [0.25, 0.3) is 5.91 Å². The molecule has 0 radical (unpaired) electrons. The second-order valence-electron chi connectivity index (χ2n) is 8.89. The van der Waals surface area contributed by atoms with Crippen LogP contribution in [0.3, 0.4) is 0 Å². The molecule has 9 heteroatoms. The number of urea groups is 1. The maximum atomic E-state index is 12.9. The van der Waals surface area contributed by atoms with E-state index in [-0.39, 0.29) is 22.8 Å². The first-order valence-corrected chi connectivity index (χ1v) is 13.0. The maximum Gasteiger partial charge on any atom is 0.334 e. The van der Waals surface area contributed by atoms with Gasteiger partial charge < -0.3 is 15.5 Å². The molecule has 0 spiro atoms. The highest BCUT2D eigenvalue weighted by Crippen LogP contribution is 2.32. The number of nitrogens with one attached hydrogen (secondary N) is 4.